The Hall–Kier alpha value is -1.10. The minimum absolute atomic E-state index is 0.412. The lowest BCUT2D eigenvalue weighted by atomic mass is 10.2. The summed E-state index contributed by atoms with van der Waals surface area (Å²) in [5.41, 5.74) is 2.39. The zero-order valence-corrected chi connectivity index (χ0v) is 11.9. The van der Waals surface area contributed by atoms with Gasteiger partial charge in [-0.25, -0.2) is 0 Å². The molecule has 0 aromatic carbocycles. The summed E-state index contributed by atoms with van der Waals surface area (Å²) in [6, 6.07) is 0.412. The van der Waals surface area contributed by atoms with Gasteiger partial charge in [-0.3, -0.25) is 4.68 Å². The third-order valence-corrected chi connectivity index (χ3v) is 3.20. The number of aryl methyl sites for hydroxylation is 1. The van der Waals surface area contributed by atoms with Gasteiger partial charge >= 0.3 is 0 Å². The summed E-state index contributed by atoms with van der Waals surface area (Å²) >= 11 is 5.22. The standard InChI is InChI=1S/C12H22N4S/c1-5-9(3)15-12(17)13-7-11-8-14-16(6-2)10(11)4/h8-9H,5-7H2,1-4H3,(H2,13,15,17). The van der Waals surface area contributed by atoms with Crippen LogP contribution in [0.5, 0.6) is 0 Å². The van der Waals surface area contributed by atoms with Gasteiger partial charge in [-0.15, -0.1) is 0 Å². The molecule has 1 atom stereocenters. The fourth-order valence-electron chi connectivity index (χ4n) is 1.53. The average molecular weight is 254 g/mol. The number of rotatable bonds is 5. The Morgan fingerprint density at radius 1 is 1.53 bits per heavy atom. The van der Waals surface area contributed by atoms with E-state index in [2.05, 4.69) is 43.4 Å². The van der Waals surface area contributed by atoms with Gasteiger partial charge in [0.25, 0.3) is 0 Å². The molecule has 1 rings (SSSR count). The SMILES string of the molecule is CCC(C)NC(=S)NCc1cnn(CC)c1C. The van der Waals surface area contributed by atoms with Crippen molar-refractivity contribution in [1.82, 2.24) is 20.4 Å². The second-order valence-corrected chi connectivity index (χ2v) is 4.62. The van der Waals surface area contributed by atoms with E-state index < -0.39 is 0 Å². The smallest absolute Gasteiger partial charge is 0.166 e. The molecule has 5 heteroatoms. The predicted molar refractivity (Wildman–Crippen MR) is 75.0 cm³/mol. The molecule has 1 heterocycles. The monoisotopic (exact) mass is 254 g/mol. The second kappa shape index (κ2) is 6.59. The molecular formula is C12H22N4S. The van der Waals surface area contributed by atoms with Gasteiger partial charge in [0.2, 0.25) is 0 Å². The Balaban J connectivity index is 2.44. The molecule has 0 amide bonds. The van der Waals surface area contributed by atoms with Crippen LogP contribution in [0.25, 0.3) is 0 Å². The van der Waals surface area contributed by atoms with E-state index in [0.29, 0.717) is 11.2 Å². The quantitative estimate of drug-likeness (QED) is 0.788. The summed E-state index contributed by atoms with van der Waals surface area (Å²) in [6.07, 6.45) is 2.96. The Labute approximate surface area is 109 Å². The molecule has 0 aliphatic carbocycles. The number of thiocarbonyl (C=S) groups is 1. The molecule has 1 unspecified atom stereocenters. The Kier molecular flexibility index (Phi) is 5.41. The molecule has 0 bridgehead atoms. The van der Waals surface area contributed by atoms with Gasteiger partial charge in [0.15, 0.2) is 5.11 Å². The fourth-order valence-corrected chi connectivity index (χ4v) is 1.80. The Morgan fingerprint density at radius 2 is 2.24 bits per heavy atom. The van der Waals surface area contributed by atoms with Crippen LogP contribution in [0.1, 0.15) is 38.4 Å². The van der Waals surface area contributed by atoms with E-state index in [1.807, 2.05) is 10.9 Å². The van der Waals surface area contributed by atoms with Crippen molar-refractivity contribution in [2.45, 2.75) is 53.2 Å². The number of aromatic nitrogens is 2. The van der Waals surface area contributed by atoms with Crippen molar-refractivity contribution in [2.75, 3.05) is 0 Å². The van der Waals surface area contributed by atoms with E-state index in [4.69, 9.17) is 12.2 Å². The molecule has 1 aromatic rings. The number of hydrogen-bond acceptors (Lipinski definition) is 2. The maximum atomic E-state index is 5.22. The molecule has 0 saturated carbocycles. The van der Waals surface area contributed by atoms with Crippen molar-refractivity contribution in [2.24, 2.45) is 0 Å². The van der Waals surface area contributed by atoms with E-state index in [1.54, 1.807) is 0 Å². The molecule has 1 aromatic heterocycles. The van der Waals surface area contributed by atoms with Gasteiger partial charge < -0.3 is 10.6 Å². The largest absolute Gasteiger partial charge is 0.360 e. The van der Waals surface area contributed by atoms with Gasteiger partial charge in [-0.2, -0.15) is 5.10 Å². The first-order valence-corrected chi connectivity index (χ1v) is 6.54. The first-order chi connectivity index (χ1) is 8.08. The minimum atomic E-state index is 0.412. The molecule has 0 spiro atoms. The molecule has 0 saturated heterocycles. The molecule has 96 valence electrons. The third kappa shape index (κ3) is 4.00. The van der Waals surface area contributed by atoms with Crippen LogP contribution in [0, 0.1) is 6.92 Å². The van der Waals surface area contributed by atoms with Crippen molar-refractivity contribution in [1.29, 1.82) is 0 Å². The molecule has 0 fully saturated rings. The maximum Gasteiger partial charge on any atom is 0.166 e. The van der Waals surface area contributed by atoms with Crippen LogP contribution >= 0.6 is 12.2 Å². The minimum Gasteiger partial charge on any atom is -0.360 e. The van der Waals surface area contributed by atoms with Crippen LogP contribution in [0.15, 0.2) is 6.20 Å². The zero-order valence-electron chi connectivity index (χ0n) is 11.1. The van der Waals surface area contributed by atoms with E-state index in [0.717, 1.165) is 19.5 Å². The lowest BCUT2D eigenvalue weighted by Gasteiger charge is -2.15. The fraction of sp³-hybridized carbons (Fsp3) is 0.667. The number of nitrogens with one attached hydrogen (secondary N) is 2. The third-order valence-electron chi connectivity index (χ3n) is 2.93. The van der Waals surface area contributed by atoms with Gasteiger partial charge in [-0.05, 0) is 39.4 Å². The predicted octanol–water partition coefficient (Wildman–Crippen LogP) is 1.97. The highest BCUT2D eigenvalue weighted by Crippen LogP contribution is 2.06. The summed E-state index contributed by atoms with van der Waals surface area (Å²) in [5, 5.41) is 11.5. The number of hydrogen-bond donors (Lipinski definition) is 2. The van der Waals surface area contributed by atoms with Crippen LogP contribution < -0.4 is 10.6 Å². The first kappa shape index (κ1) is 14.0. The Morgan fingerprint density at radius 3 is 2.76 bits per heavy atom. The van der Waals surface area contributed by atoms with Crippen molar-refractivity contribution in [3.63, 3.8) is 0 Å². The molecule has 17 heavy (non-hydrogen) atoms. The summed E-state index contributed by atoms with van der Waals surface area (Å²) in [4.78, 5) is 0. The van der Waals surface area contributed by atoms with Gasteiger partial charge in [-0.1, -0.05) is 6.92 Å². The van der Waals surface area contributed by atoms with Gasteiger partial charge in [0, 0.05) is 30.4 Å². The summed E-state index contributed by atoms with van der Waals surface area (Å²) in [5.74, 6) is 0. The Bertz CT molecular complexity index is 373. The molecule has 0 aliphatic rings. The van der Waals surface area contributed by atoms with Crippen molar-refractivity contribution < 1.29 is 0 Å². The van der Waals surface area contributed by atoms with Crippen molar-refractivity contribution >= 4 is 17.3 Å². The van der Waals surface area contributed by atoms with Crippen molar-refractivity contribution in [3.8, 4) is 0 Å². The van der Waals surface area contributed by atoms with Gasteiger partial charge in [0.05, 0.1) is 6.20 Å². The van der Waals surface area contributed by atoms with E-state index in [1.165, 1.54) is 11.3 Å². The van der Waals surface area contributed by atoms with Crippen LogP contribution in [-0.2, 0) is 13.1 Å². The molecule has 0 radical (unpaired) electrons. The summed E-state index contributed by atoms with van der Waals surface area (Å²) < 4.78 is 1.99. The zero-order chi connectivity index (χ0) is 12.8. The van der Waals surface area contributed by atoms with Crippen molar-refractivity contribution in [3.05, 3.63) is 17.5 Å². The highest BCUT2D eigenvalue weighted by atomic mass is 32.1. The first-order valence-electron chi connectivity index (χ1n) is 6.14. The molecule has 0 aliphatic heterocycles. The van der Waals surface area contributed by atoms with E-state index in [-0.39, 0.29) is 0 Å². The summed E-state index contributed by atoms with van der Waals surface area (Å²) in [6.45, 7) is 10.1. The molecule has 2 N–H and O–H groups in total. The van der Waals surface area contributed by atoms with Crippen LogP contribution in [-0.4, -0.2) is 20.9 Å². The molecule has 4 nitrogen and oxygen atoms in total. The van der Waals surface area contributed by atoms with E-state index >= 15 is 0 Å². The lowest BCUT2D eigenvalue weighted by Crippen LogP contribution is -2.39. The lowest BCUT2D eigenvalue weighted by molar-refractivity contribution is 0.629. The van der Waals surface area contributed by atoms with Gasteiger partial charge in [0.1, 0.15) is 0 Å². The highest BCUT2D eigenvalue weighted by molar-refractivity contribution is 7.80. The van der Waals surface area contributed by atoms with Crippen LogP contribution in [0.3, 0.4) is 0 Å². The van der Waals surface area contributed by atoms with E-state index in [9.17, 15) is 0 Å². The van der Waals surface area contributed by atoms with Crippen LogP contribution in [0.2, 0.25) is 0 Å². The highest BCUT2D eigenvalue weighted by Gasteiger charge is 2.06. The average Bonchev–Trinajstić information content (AvgIpc) is 2.67. The van der Waals surface area contributed by atoms with Crippen LogP contribution in [0.4, 0.5) is 0 Å². The molecular weight excluding hydrogens is 232 g/mol. The second-order valence-electron chi connectivity index (χ2n) is 4.21. The number of nitrogens with zero attached hydrogens (tertiary/aromatic N) is 2. The summed E-state index contributed by atoms with van der Waals surface area (Å²) in [7, 11) is 0. The maximum absolute atomic E-state index is 5.22. The topological polar surface area (TPSA) is 41.9 Å². The normalized spacial score (nSPS) is 12.2.